The lowest BCUT2D eigenvalue weighted by Crippen LogP contribution is -2.29. The van der Waals surface area contributed by atoms with E-state index in [2.05, 4.69) is 10.2 Å². The van der Waals surface area contributed by atoms with E-state index in [0.29, 0.717) is 34.8 Å². The molecule has 0 saturated carbocycles. The molecule has 2 heterocycles. The van der Waals surface area contributed by atoms with Gasteiger partial charge >= 0.3 is 5.97 Å². The van der Waals surface area contributed by atoms with Gasteiger partial charge in [-0.3, -0.25) is 9.10 Å². The lowest BCUT2D eigenvalue weighted by molar-refractivity contribution is 0.0600. The van der Waals surface area contributed by atoms with Gasteiger partial charge in [0.25, 0.3) is 5.91 Å². The van der Waals surface area contributed by atoms with Crippen LogP contribution in [0.15, 0.2) is 48.5 Å². The fourth-order valence-electron chi connectivity index (χ4n) is 4.15. The fourth-order valence-corrected chi connectivity index (χ4v) is 6.35. The van der Waals surface area contributed by atoms with E-state index in [4.69, 9.17) is 4.74 Å². The van der Waals surface area contributed by atoms with Crippen molar-refractivity contribution in [3.05, 3.63) is 81.2 Å². The summed E-state index contributed by atoms with van der Waals surface area (Å²) in [6.07, 6.45) is 1.87. The third-order valence-corrected chi connectivity index (χ3v) is 8.40. The number of likely N-dealkylation sites (N-methyl/N-ethyl adjacent to an activating group) is 1. The van der Waals surface area contributed by atoms with Crippen molar-refractivity contribution in [1.29, 1.82) is 0 Å². The molecule has 0 spiro atoms. The first-order valence-corrected chi connectivity index (χ1v) is 14.1. The molecule has 0 fully saturated rings. The SMILES string of the molecule is COC(=O)c1c(NC(=O)c2ccc(N(Cc3ccc(C)cc3)S(C)(=O)=O)cc2)sc2c1CCN(C)C2. The number of nitrogens with one attached hydrogen (secondary N) is 1. The minimum Gasteiger partial charge on any atom is -0.465 e. The van der Waals surface area contributed by atoms with Gasteiger partial charge in [-0.25, -0.2) is 13.2 Å². The minimum absolute atomic E-state index is 0.183. The topological polar surface area (TPSA) is 96.0 Å². The van der Waals surface area contributed by atoms with Crippen LogP contribution in [0.1, 0.15) is 42.3 Å². The number of benzene rings is 2. The number of fused-ring (bicyclic) bond motifs is 1. The summed E-state index contributed by atoms with van der Waals surface area (Å²) in [5.74, 6) is -0.856. The molecular formula is C26H29N3O5S2. The first-order chi connectivity index (χ1) is 17.1. The zero-order valence-electron chi connectivity index (χ0n) is 20.7. The number of ether oxygens (including phenoxy) is 1. The van der Waals surface area contributed by atoms with Crippen molar-refractivity contribution < 1.29 is 22.7 Å². The van der Waals surface area contributed by atoms with Crippen LogP contribution in [-0.2, 0) is 34.3 Å². The maximum Gasteiger partial charge on any atom is 0.341 e. The molecule has 1 aromatic heterocycles. The number of nitrogens with zero attached hydrogens (tertiary/aromatic N) is 2. The molecule has 1 aliphatic heterocycles. The molecule has 0 unspecified atom stereocenters. The number of amides is 1. The molecule has 0 radical (unpaired) electrons. The Labute approximate surface area is 215 Å². The van der Waals surface area contributed by atoms with Crippen LogP contribution < -0.4 is 9.62 Å². The molecule has 190 valence electrons. The van der Waals surface area contributed by atoms with Crippen molar-refractivity contribution in [2.75, 3.05) is 36.6 Å². The largest absolute Gasteiger partial charge is 0.465 e. The van der Waals surface area contributed by atoms with E-state index in [9.17, 15) is 18.0 Å². The molecule has 1 aliphatic rings. The van der Waals surface area contributed by atoms with E-state index in [0.717, 1.165) is 34.4 Å². The Morgan fingerprint density at radius 2 is 1.78 bits per heavy atom. The highest BCUT2D eigenvalue weighted by Gasteiger charge is 2.28. The van der Waals surface area contributed by atoms with Crippen molar-refractivity contribution in [3.8, 4) is 0 Å². The van der Waals surface area contributed by atoms with Crippen LogP contribution in [0.2, 0.25) is 0 Å². The van der Waals surface area contributed by atoms with Crippen LogP contribution in [0.4, 0.5) is 10.7 Å². The molecule has 36 heavy (non-hydrogen) atoms. The average Bonchev–Trinajstić information content (AvgIpc) is 3.19. The van der Waals surface area contributed by atoms with Gasteiger partial charge in [0.2, 0.25) is 10.0 Å². The summed E-state index contributed by atoms with van der Waals surface area (Å²) >= 11 is 1.38. The zero-order chi connectivity index (χ0) is 26.0. The molecule has 1 amide bonds. The number of methoxy groups -OCH3 is 1. The highest BCUT2D eigenvalue weighted by molar-refractivity contribution is 7.92. The van der Waals surface area contributed by atoms with E-state index in [1.54, 1.807) is 24.3 Å². The molecule has 10 heteroatoms. The summed E-state index contributed by atoms with van der Waals surface area (Å²) in [4.78, 5) is 28.8. The van der Waals surface area contributed by atoms with E-state index >= 15 is 0 Å². The first-order valence-electron chi connectivity index (χ1n) is 11.4. The zero-order valence-corrected chi connectivity index (χ0v) is 22.3. The monoisotopic (exact) mass is 527 g/mol. The van der Waals surface area contributed by atoms with Crippen molar-refractivity contribution in [3.63, 3.8) is 0 Å². The molecule has 2 aromatic carbocycles. The molecule has 4 rings (SSSR count). The second kappa shape index (κ2) is 10.4. The maximum atomic E-state index is 13.1. The number of sulfonamides is 1. The van der Waals surface area contributed by atoms with Gasteiger partial charge in [0, 0.05) is 23.5 Å². The van der Waals surface area contributed by atoms with Crippen molar-refractivity contribution in [1.82, 2.24) is 4.90 Å². The summed E-state index contributed by atoms with van der Waals surface area (Å²) in [7, 11) is -0.211. The third kappa shape index (κ3) is 5.61. The van der Waals surface area contributed by atoms with Crippen LogP contribution in [0.3, 0.4) is 0 Å². The van der Waals surface area contributed by atoms with Crippen LogP contribution in [0.25, 0.3) is 0 Å². The second-order valence-corrected chi connectivity index (χ2v) is 12.0. The number of esters is 1. The van der Waals surface area contributed by atoms with Gasteiger partial charge in [0.15, 0.2) is 0 Å². The molecule has 0 saturated heterocycles. The molecule has 0 atom stereocenters. The Balaban J connectivity index is 1.57. The first kappa shape index (κ1) is 25.9. The lowest BCUT2D eigenvalue weighted by Gasteiger charge is -2.23. The highest BCUT2D eigenvalue weighted by Crippen LogP contribution is 2.37. The molecule has 0 aliphatic carbocycles. The molecule has 8 nitrogen and oxygen atoms in total. The Morgan fingerprint density at radius 1 is 1.11 bits per heavy atom. The quantitative estimate of drug-likeness (QED) is 0.466. The van der Waals surface area contributed by atoms with Crippen molar-refractivity contribution in [2.45, 2.75) is 26.4 Å². The molecular weight excluding hydrogens is 498 g/mol. The number of rotatable bonds is 7. The normalized spacial score (nSPS) is 13.7. The Kier molecular flexibility index (Phi) is 7.49. The fraction of sp³-hybridized carbons (Fsp3) is 0.308. The van der Waals surface area contributed by atoms with Gasteiger partial charge in [-0.1, -0.05) is 29.8 Å². The maximum absolute atomic E-state index is 13.1. The van der Waals surface area contributed by atoms with Crippen molar-refractivity contribution >= 4 is 43.9 Å². The van der Waals surface area contributed by atoms with Gasteiger partial charge in [-0.2, -0.15) is 0 Å². The summed E-state index contributed by atoms with van der Waals surface area (Å²) in [6.45, 7) is 3.68. The van der Waals surface area contributed by atoms with E-state index in [1.807, 2.05) is 38.2 Å². The summed E-state index contributed by atoms with van der Waals surface area (Å²) in [5.41, 5.74) is 4.10. The number of thiophene rings is 1. The molecule has 0 bridgehead atoms. The standard InChI is InChI=1S/C26H29N3O5S2/c1-17-5-7-18(8-6-17)15-29(36(4,32)33)20-11-9-19(10-12-20)24(30)27-25-23(26(31)34-3)21-13-14-28(2)16-22(21)35-25/h5-12H,13-16H2,1-4H3,(H,27,30). The third-order valence-electron chi connectivity index (χ3n) is 6.13. The summed E-state index contributed by atoms with van der Waals surface area (Å²) < 4.78 is 31.3. The van der Waals surface area contributed by atoms with Crippen molar-refractivity contribution in [2.24, 2.45) is 0 Å². The van der Waals surface area contributed by atoms with Crippen LogP contribution in [0, 0.1) is 6.92 Å². The number of anilines is 2. The van der Waals surface area contributed by atoms with Gasteiger partial charge in [-0.05, 0) is 55.8 Å². The average molecular weight is 528 g/mol. The van der Waals surface area contributed by atoms with Crippen LogP contribution in [0.5, 0.6) is 0 Å². The van der Waals surface area contributed by atoms with E-state index in [-0.39, 0.29) is 12.5 Å². The Morgan fingerprint density at radius 3 is 2.39 bits per heavy atom. The van der Waals surface area contributed by atoms with E-state index < -0.39 is 16.0 Å². The number of hydrogen-bond donors (Lipinski definition) is 1. The Hall–Kier alpha value is -3.21. The van der Waals surface area contributed by atoms with E-state index in [1.165, 1.54) is 22.8 Å². The van der Waals surface area contributed by atoms with Gasteiger partial charge in [-0.15, -0.1) is 11.3 Å². The Bertz CT molecular complexity index is 1380. The van der Waals surface area contributed by atoms with Gasteiger partial charge in [0.05, 0.1) is 31.2 Å². The predicted octanol–water partition coefficient (Wildman–Crippen LogP) is 4.05. The van der Waals surface area contributed by atoms with Gasteiger partial charge in [0.1, 0.15) is 5.00 Å². The molecule has 3 aromatic rings. The predicted molar refractivity (Wildman–Crippen MR) is 142 cm³/mol. The summed E-state index contributed by atoms with van der Waals surface area (Å²) in [5, 5.41) is 3.33. The number of carbonyl (C=O) groups is 2. The molecule has 1 N–H and O–H groups in total. The van der Waals surface area contributed by atoms with Crippen LogP contribution >= 0.6 is 11.3 Å². The van der Waals surface area contributed by atoms with Crippen LogP contribution in [-0.4, -0.2) is 52.2 Å². The summed E-state index contributed by atoms with van der Waals surface area (Å²) in [6, 6.07) is 14.0. The van der Waals surface area contributed by atoms with Gasteiger partial charge < -0.3 is 15.0 Å². The lowest BCUT2D eigenvalue weighted by atomic mass is 10.0. The number of carbonyl (C=O) groups excluding carboxylic acids is 2. The highest BCUT2D eigenvalue weighted by atomic mass is 32.2. The number of aryl methyl sites for hydroxylation is 1. The minimum atomic E-state index is -3.55. The number of hydrogen-bond acceptors (Lipinski definition) is 7. The smallest absolute Gasteiger partial charge is 0.341 e. The second-order valence-electron chi connectivity index (χ2n) is 8.94.